The quantitative estimate of drug-likeness (QED) is 0.762. The molecule has 0 aromatic rings. The molecule has 0 aromatic carbocycles. The second kappa shape index (κ2) is 6.27. The molecule has 2 aliphatic rings. The highest BCUT2D eigenvalue weighted by Gasteiger charge is 2.34. The molecule has 0 aromatic heterocycles. The zero-order valence-corrected chi connectivity index (χ0v) is 11.1. The highest BCUT2D eigenvalue weighted by Crippen LogP contribution is 2.27. The van der Waals surface area contributed by atoms with Crippen LogP contribution in [0.2, 0.25) is 0 Å². The molecule has 1 fully saturated rings. The van der Waals surface area contributed by atoms with Gasteiger partial charge in [0.1, 0.15) is 0 Å². The number of nitrogens with one attached hydrogen (secondary N) is 1. The van der Waals surface area contributed by atoms with Crippen molar-refractivity contribution in [1.82, 2.24) is 5.32 Å². The van der Waals surface area contributed by atoms with E-state index >= 15 is 0 Å². The lowest BCUT2D eigenvalue weighted by Gasteiger charge is -2.24. The van der Waals surface area contributed by atoms with Crippen molar-refractivity contribution >= 4 is 23.6 Å². The van der Waals surface area contributed by atoms with Gasteiger partial charge in [0.25, 0.3) is 0 Å². The Balaban J connectivity index is 1.86. The summed E-state index contributed by atoms with van der Waals surface area (Å²) in [4.78, 5) is 23.2. The number of carbonyl (C=O) groups is 2. The van der Waals surface area contributed by atoms with Gasteiger partial charge in [-0.25, -0.2) is 0 Å². The number of rotatable bonds is 4. The van der Waals surface area contributed by atoms with E-state index in [9.17, 15) is 9.59 Å². The minimum atomic E-state index is -0.866. The summed E-state index contributed by atoms with van der Waals surface area (Å²) in [7, 11) is 0. The fourth-order valence-corrected chi connectivity index (χ4v) is 3.73. The van der Waals surface area contributed by atoms with Crippen LogP contribution in [0.15, 0.2) is 12.2 Å². The fraction of sp³-hybridized carbons (Fsp3) is 0.692. The Bertz CT molecular complexity index is 350. The lowest BCUT2D eigenvalue weighted by molar-refractivity contribution is -0.147. The summed E-state index contributed by atoms with van der Waals surface area (Å²) >= 11 is 1.89. The number of aliphatic carboxylic acids is 1. The maximum Gasteiger partial charge on any atom is 0.307 e. The molecule has 100 valence electrons. The summed E-state index contributed by atoms with van der Waals surface area (Å²) in [6.45, 7) is 0.677. The predicted molar refractivity (Wildman–Crippen MR) is 71.5 cm³/mol. The smallest absolute Gasteiger partial charge is 0.307 e. The van der Waals surface area contributed by atoms with E-state index < -0.39 is 17.8 Å². The number of thioether (sulfide) groups is 1. The molecule has 1 amide bonds. The first kappa shape index (κ1) is 13.5. The normalized spacial score (nSPS) is 31.2. The van der Waals surface area contributed by atoms with Crippen molar-refractivity contribution in [1.29, 1.82) is 0 Å². The molecule has 3 atom stereocenters. The average molecular weight is 269 g/mol. The molecule has 1 aliphatic carbocycles. The van der Waals surface area contributed by atoms with Gasteiger partial charge in [-0.05, 0) is 31.4 Å². The number of carboxylic acid groups (broad SMARTS) is 1. The first-order valence-corrected chi connectivity index (χ1v) is 7.50. The second-order valence-corrected chi connectivity index (χ2v) is 6.28. The van der Waals surface area contributed by atoms with Crippen LogP contribution in [-0.4, -0.2) is 34.5 Å². The van der Waals surface area contributed by atoms with Gasteiger partial charge in [-0.15, -0.1) is 0 Å². The Labute approximate surface area is 111 Å². The number of hydrogen-bond donors (Lipinski definition) is 2. The van der Waals surface area contributed by atoms with Crippen LogP contribution < -0.4 is 5.32 Å². The minimum absolute atomic E-state index is 0.0979. The highest BCUT2D eigenvalue weighted by molar-refractivity contribution is 8.00. The zero-order chi connectivity index (χ0) is 13.0. The molecule has 0 bridgehead atoms. The fourth-order valence-electron chi connectivity index (χ4n) is 2.53. The number of carbonyl (C=O) groups excluding carboxylic acids is 1. The van der Waals surface area contributed by atoms with E-state index in [0.29, 0.717) is 24.6 Å². The molecule has 1 aliphatic heterocycles. The molecule has 1 heterocycles. The molecule has 1 saturated heterocycles. The van der Waals surface area contributed by atoms with Crippen molar-refractivity contribution in [3.8, 4) is 0 Å². The van der Waals surface area contributed by atoms with E-state index in [1.165, 1.54) is 12.2 Å². The minimum Gasteiger partial charge on any atom is -0.481 e. The second-order valence-electron chi connectivity index (χ2n) is 4.87. The van der Waals surface area contributed by atoms with E-state index in [-0.39, 0.29) is 5.91 Å². The Morgan fingerprint density at radius 2 is 2.00 bits per heavy atom. The van der Waals surface area contributed by atoms with Crippen molar-refractivity contribution in [3.63, 3.8) is 0 Å². The van der Waals surface area contributed by atoms with Gasteiger partial charge in [0.15, 0.2) is 0 Å². The largest absolute Gasteiger partial charge is 0.481 e. The predicted octanol–water partition coefficient (Wildman–Crippen LogP) is 1.67. The Hall–Kier alpha value is -0.970. The number of hydrogen-bond acceptors (Lipinski definition) is 3. The third kappa shape index (κ3) is 3.28. The summed E-state index contributed by atoms with van der Waals surface area (Å²) in [5.41, 5.74) is 0. The van der Waals surface area contributed by atoms with Crippen LogP contribution >= 0.6 is 11.8 Å². The molecule has 0 radical (unpaired) electrons. The van der Waals surface area contributed by atoms with Crippen LogP contribution in [0.5, 0.6) is 0 Å². The Morgan fingerprint density at radius 1 is 1.28 bits per heavy atom. The number of amides is 1. The van der Waals surface area contributed by atoms with Gasteiger partial charge in [-0.1, -0.05) is 12.2 Å². The Morgan fingerprint density at radius 3 is 2.61 bits per heavy atom. The molecular formula is C13H19NO3S. The molecule has 4 nitrogen and oxygen atoms in total. The lowest BCUT2D eigenvalue weighted by atomic mass is 9.82. The van der Waals surface area contributed by atoms with E-state index in [2.05, 4.69) is 5.32 Å². The van der Waals surface area contributed by atoms with Crippen molar-refractivity contribution in [3.05, 3.63) is 12.2 Å². The first-order chi connectivity index (χ1) is 8.68. The highest BCUT2D eigenvalue weighted by atomic mass is 32.2. The summed E-state index contributed by atoms with van der Waals surface area (Å²) in [6.07, 6.45) is 7.14. The van der Waals surface area contributed by atoms with Crippen molar-refractivity contribution in [2.24, 2.45) is 11.8 Å². The summed E-state index contributed by atoms with van der Waals surface area (Å²) in [5, 5.41) is 12.6. The maximum absolute atomic E-state index is 12.1. The molecule has 2 N–H and O–H groups in total. The van der Waals surface area contributed by atoms with Gasteiger partial charge in [0, 0.05) is 11.8 Å². The van der Waals surface area contributed by atoms with Gasteiger partial charge in [0.05, 0.1) is 11.8 Å². The SMILES string of the molecule is O=C(O)[C@H]1CC=CC[C@H]1C(=O)NCC1CCCS1. The van der Waals surface area contributed by atoms with E-state index in [4.69, 9.17) is 5.11 Å². The lowest BCUT2D eigenvalue weighted by Crippen LogP contribution is -2.40. The van der Waals surface area contributed by atoms with Gasteiger partial charge in [-0.2, -0.15) is 11.8 Å². The van der Waals surface area contributed by atoms with Gasteiger partial charge >= 0.3 is 5.97 Å². The standard InChI is InChI=1S/C13H19NO3S/c15-12(14-8-9-4-3-7-18-9)10-5-1-2-6-11(10)13(16)17/h1-2,9-11H,3-8H2,(H,14,15)(H,16,17)/t9?,10-,11+/m1/s1. The van der Waals surface area contributed by atoms with Crippen molar-refractivity contribution < 1.29 is 14.7 Å². The van der Waals surface area contributed by atoms with Gasteiger partial charge < -0.3 is 10.4 Å². The molecule has 18 heavy (non-hydrogen) atoms. The molecule has 0 spiro atoms. The molecule has 2 rings (SSSR count). The van der Waals surface area contributed by atoms with E-state index in [0.717, 1.165) is 6.42 Å². The summed E-state index contributed by atoms with van der Waals surface area (Å²) < 4.78 is 0. The number of carboxylic acids is 1. The van der Waals surface area contributed by atoms with Crippen LogP contribution in [0.25, 0.3) is 0 Å². The third-order valence-electron chi connectivity index (χ3n) is 3.61. The maximum atomic E-state index is 12.1. The topological polar surface area (TPSA) is 66.4 Å². The number of allylic oxidation sites excluding steroid dienone is 2. The monoisotopic (exact) mass is 269 g/mol. The summed E-state index contributed by atoms with van der Waals surface area (Å²) in [6, 6.07) is 0. The van der Waals surface area contributed by atoms with Crippen LogP contribution in [0.1, 0.15) is 25.7 Å². The van der Waals surface area contributed by atoms with Crippen molar-refractivity contribution in [2.75, 3.05) is 12.3 Å². The molecule has 1 unspecified atom stereocenters. The molecular weight excluding hydrogens is 250 g/mol. The van der Waals surface area contributed by atoms with Crippen LogP contribution in [0, 0.1) is 11.8 Å². The van der Waals surface area contributed by atoms with Crippen LogP contribution in [0.4, 0.5) is 0 Å². The van der Waals surface area contributed by atoms with E-state index in [1.807, 2.05) is 23.9 Å². The molecule has 0 saturated carbocycles. The van der Waals surface area contributed by atoms with E-state index in [1.54, 1.807) is 0 Å². The zero-order valence-electron chi connectivity index (χ0n) is 10.3. The Kier molecular flexibility index (Phi) is 4.69. The third-order valence-corrected chi connectivity index (χ3v) is 5.01. The average Bonchev–Trinajstić information content (AvgIpc) is 2.89. The van der Waals surface area contributed by atoms with Crippen molar-refractivity contribution in [2.45, 2.75) is 30.9 Å². The van der Waals surface area contributed by atoms with Gasteiger partial charge in [0.2, 0.25) is 5.91 Å². The van der Waals surface area contributed by atoms with Crippen LogP contribution in [0.3, 0.4) is 0 Å². The molecule has 5 heteroatoms. The first-order valence-electron chi connectivity index (χ1n) is 6.45. The summed E-state index contributed by atoms with van der Waals surface area (Å²) in [5.74, 6) is -0.760. The van der Waals surface area contributed by atoms with Crippen LogP contribution in [-0.2, 0) is 9.59 Å². The van der Waals surface area contributed by atoms with Gasteiger partial charge in [-0.3, -0.25) is 9.59 Å².